The number of urea groups is 1. The van der Waals surface area contributed by atoms with Crippen molar-refractivity contribution in [2.75, 3.05) is 25.1 Å². The number of rotatable bonds is 9. The maximum absolute atomic E-state index is 11.8. The normalized spacial score (nSPS) is 10.3. The van der Waals surface area contributed by atoms with Crippen molar-refractivity contribution in [3.05, 3.63) is 69.2 Å². The zero-order valence-corrected chi connectivity index (χ0v) is 14.9. The third-order valence-electron chi connectivity index (χ3n) is 3.54. The molecule has 0 radical (unpaired) electrons. The number of carbonyl (C=O) groups is 1. The van der Waals surface area contributed by atoms with Gasteiger partial charge in [-0.1, -0.05) is 41.9 Å². The molecule has 0 aliphatic rings. The number of halogens is 1. The van der Waals surface area contributed by atoms with Crippen LogP contribution in [0.5, 0.6) is 0 Å². The molecule has 0 unspecified atom stereocenters. The quantitative estimate of drug-likeness (QED) is 0.392. The first kappa shape index (κ1) is 19.7. The molecule has 2 aromatic carbocycles. The molecule has 0 aliphatic heterocycles. The fourth-order valence-electron chi connectivity index (χ4n) is 2.20. The van der Waals surface area contributed by atoms with Crippen LogP contribution < -0.4 is 10.6 Å². The van der Waals surface area contributed by atoms with E-state index < -0.39 is 11.0 Å². The lowest BCUT2D eigenvalue weighted by Gasteiger charge is -2.09. The number of nitro benzene ring substituents is 1. The molecule has 0 saturated heterocycles. The van der Waals surface area contributed by atoms with Gasteiger partial charge in [-0.3, -0.25) is 10.1 Å². The Morgan fingerprint density at radius 3 is 2.62 bits per heavy atom. The van der Waals surface area contributed by atoms with E-state index in [1.165, 1.54) is 23.8 Å². The minimum atomic E-state index is -0.548. The Kier molecular flexibility index (Phi) is 7.85. The SMILES string of the molecule is O=C(NCCCOCCc1ccccc1)Nc1ccc([N+](=O)[O-])cc1Cl. The molecule has 2 amide bonds. The van der Waals surface area contributed by atoms with Crippen LogP contribution in [0.4, 0.5) is 16.2 Å². The van der Waals surface area contributed by atoms with Gasteiger partial charge < -0.3 is 15.4 Å². The van der Waals surface area contributed by atoms with Crippen LogP contribution in [-0.4, -0.2) is 30.7 Å². The summed E-state index contributed by atoms with van der Waals surface area (Å²) in [4.78, 5) is 21.9. The first-order valence-corrected chi connectivity index (χ1v) is 8.54. The minimum absolute atomic E-state index is 0.110. The van der Waals surface area contributed by atoms with Gasteiger partial charge in [-0.25, -0.2) is 4.79 Å². The number of hydrogen-bond donors (Lipinski definition) is 2. The van der Waals surface area contributed by atoms with Gasteiger partial charge in [0.1, 0.15) is 0 Å². The minimum Gasteiger partial charge on any atom is -0.381 e. The molecule has 2 aromatic rings. The fourth-order valence-corrected chi connectivity index (χ4v) is 2.42. The van der Waals surface area contributed by atoms with Gasteiger partial charge in [-0.15, -0.1) is 0 Å². The molecule has 0 spiro atoms. The van der Waals surface area contributed by atoms with Crippen molar-refractivity contribution in [3.63, 3.8) is 0 Å². The van der Waals surface area contributed by atoms with Gasteiger partial charge in [0.15, 0.2) is 0 Å². The molecule has 26 heavy (non-hydrogen) atoms. The lowest BCUT2D eigenvalue weighted by molar-refractivity contribution is -0.384. The van der Waals surface area contributed by atoms with Crippen LogP contribution in [0.2, 0.25) is 5.02 Å². The zero-order valence-electron chi connectivity index (χ0n) is 14.1. The molecule has 0 saturated carbocycles. The maximum atomic E-state index is 11.8. The van der Waals surface area contributed by atoms with Gasteiger partial charge in [0.25, 0.3) is 5.69 Å². The summed E-state index contributed by atoms with van der Waals surface area (Å²) >= 11 is 5.92. The molecular formula is C18H20ClN3O4. The number of nitrogens with zero attached hydrogens (tertiary/aromatic N) is 1. The maximum Gasteiger partial charge on any atom is 0.319 e. The van der Waals surface area contributed by atoms with Gasteiger partial charge >= 0.3 is 6.03 Å². The second-order valence-electron chi connectivity index (χ2n) is 5.50. The highest BCUT2D eigenvalue weighted by Gasteiger charge is 2.11. The van der Waals surface area contributed by atoms with E-state index in [0.717, 1.165) is 6.42 Å². The number of amides is 2. The number of anilines is 1. The molecule has 2 N–H and O–H groups in total. The van der Waals surface area contributed by atoms with Crippen LogP contribution >= 0.6 is 11.6 Å². The Morgan fingerprint density at radius 1 is 1.15 bits per heavy atom. The Morgan fingerprint density at radius 2 is 1.92 bits per heavy atom. The summed E-state index contributed by atoms with van der Waals surface area (Å²) in [6.07, 6.45) is 1.53. The monoisotopic (exact) mass is 377 g/mol. The number of benzene rings is 2. The molecule has 0 atom stereocenters. The van der Waals surface area contributed by atoms with Crippen molar-refractivity contribution >= 4 is 29.0 Å². The Bertz CT molecular complexity index is 740. The van der Waals surface area contributed by atoms with Crippen LogP contribution in [0.25, 0.3) is 0 Å². The van der Waals surface area contributed by atoms with Crippen LogP contribution in [0.3, 0.4) is 0 Å². The van der Waals surface area contributed by atoms with Crippen LogP contribution in [-0.2, 0) is 11.2 Å². The average molecular weight is 378 g/mol. The molecule has 8 heteroatoms. The van der Waals surface area contributed by atoms with Crippen LogP contribution in [0.15, 0.2) is 48.5 Å². The Labute approximate surface area is 156 Å². The molecule has 138 valence electrons. The van der Waals surface area contributed by atoms with Crippen LogP contribution in [0, 0.1) is 10.1 Å². The van der Waals surface area contributed by atoms with E-state index in [4.69, 9.17) is 16.3 Å². The third-order valence-corrected chi connectivity index (χ3v) is 3.85. The van der Waals surface area contributed by atoms with E-state index in [1.54, 1.807) is 0 Å². The Hall–Kier alpha value is -2.64. The summed E-state index contributed by atoms with van der Waals surface area (Å²) in [5.74, 6) is 0. The molecule has 0 aromatic heterocycles. The van der Waals surface area contributed by atoms with Gasteiger partial charge in [-0.2, -0.15) is 0 Å². The van der Waals surface area contributed by atoms with Crippen molar-refractivity contribution in [2.24, 2.45) is 0 Å². The van der Waals surface area contributed by atoms with E-state index in [2.05, 4.69) is 22.8 Å². The van der Waals surface area contributed by atoms with Crippen molar-refractivity contribution in [1.82, 2.24) is 5.32 Å². The highest BCUT2D eigenvalue weighted by Crippen LogP contribution is 2.26. The summed E-state index contributed by atoms with van der Waals surface area (Å²) in [6, 6.07) is 13.5. The van der Waals surface area contributed by atoms with E-state index in [-0.39, 0.29) is 10.7 Å². The smallest absolute Gasteiger partial charge is 0.319 e. The van der Waals surface area contributed by atoms with Gasteiger partial charge in [0.05, 0.1) is 22.2 Å². The lowest BCUT2D eigenvalue weighted by Crippen LogP contribution is -2.30. The van der Waals surface area contributed by atoms with Gasteiger partial charge in [0.2, 0.25) is 0 Å². The van der Waals surface area contributed by atoms with E-state index >= 15 is 0 Å². The third kappa shape index (κ3) is 6.70. The van der Waals surface area contributed by atoms with Crippen molar-refractivity contribution in [2.45, 2.75) is 12.8 Å². The summed E-state index contributed by atoms with van der Waals surface area (Å²) in [6.45, 7) is 1.63. The van der Waals surface area contributed by atoms with Crippen molar-refractivity contribution in [1.29, 1.82) is 0 Å². The van der Waals surface area contributed by atoms with Gasteiger partial charge in [-0.05, 0) is 24.5 Å². The summed E-state index contributed by atoms with van der Waals surface area (Å²) in [5.41, 5.74) is 1.41. The number of carbonyl (C=O) groups excluding carboxylic acids is 1. The lowest BCUT2D eigenvalue weighted by atomic mass is 10.2. The van der Waals surface area contributed by atoms with E-state index in [1.807, 2.05) is 18.2 Å². The Balaban J connectivity index is 1.59. The number of ether oxygens (including phenoxy) is 1. The first-order valence-electron chi connectivity index (χ1n) is 8.17. The average Bonchev–Trinajstić information content (AvgIpc) is 2.63. The number of non-ortho nitro benzene ring substituents is 1. The molecule has 0 aliphatic carbocycles. The first-order chi connectivity index (χ1) is 12.6. The number of nitrogens with one attached hydrogen (secondary N) is 2. The highest BCUT2D eigenvalue weighted by molar-refractivity contribution is 6.33. The second-order valence-corrected chi connectivity index (χ2v) is 5.91. The zero-order chi connectivity index (χ0) is 18.8. The molecule has 0 heterocycles. The largest absolute Gasteiger partial charge is 0.381 e. The molecular weight excluding hydrogens is 358 g/mol. The predicted molar refractivity (Wildman–Crippen MR) is 101 cm³/mol. The fraction of sp³-hybridized carbons (Fsp3) is 0.278. The second kappa shape index (κ2) is 10.4. The van der Waals surface area contributed by atoms with E-state index in [0.29, 0.717) is 31.9 Å². The molecule has 2 rings (SSSR count). The predicted octanol–water partition coefficient (Wildman–Crippen LogP) is 4.02. The number of hydrogen-bond acceptors (Lipinski definition) is 4. The summed E-state index contributed by atoms with van der Waals surface area (Å²) < 4.78 is 5.54. The molecule has 0 fully saturated rings. The van der Waals surface area contributed by atoms with Crippen molar-refractivity contribution < 1.29 is 14.5 Å². The molecule has 0 bridgehead atoms. The summed E-state index contributed by atoms with van der Waals surface area (Å²) in [5, 5.41) is 16.0. The van der Waals surface area contributed by atoms with Gasteiger partial charge in [0, 0.05) is 25.3 Å². The highest BCUT2D eigenvalue weighted by atomic mass is 35.5. The standard InChI is InChI=1S/C18H20ClN3O4/c19-16-13-15(22(24)25)7-8-17(16)21-18(23)20-10-4-11-26-12-9-14-5-2-1-3-6-14/h1-3,5-8,13H,4,9-12H2,(H2,20,21,23). The van der Waals surface area contributed by atoms with Crippen LogP contribution in [0.1, 0.15) is 12.0 Å². The molecule has 7 nitrogen and oxygen atoms in total. The number of nitro groups is 1. The summed E-state index contributed by atoms with van der Waals surface area (Å²) in [7, 11) is 0. The van der Waals surface area contributed by atoms with Crippen molar-refractivity contribution in [3.8, 4) is 0 Å². The topological polar surface area (TPSA) is 93.5 Å². The van der Waals surface area contributed by atoms with E-state index in [9.17, 15) is 14.9 Å².